The van der Waals surface area contributed by atoms with Gasteiger partial charge in [0, 0.05) is 23.7 Å². The zero-order chi connectivity index (χ0) is 28.0. The summed E-state index contributed by atoms with van der Waals surface area (Å²) < 4.78 is 0. The number of aliphatic carboxylic acids is 1. The Bertz CT molecular complexity index is 1240. The van der Waals surface area contributed by atoms with Crippen molar-refractivity contribution in [3.8, 4) is 11.8 Å². The number of nitrogens with one attached hydrogen (secondary N) is 1. The van der Waals surface area contributed by atoms with Crippen molar-refractivity contribution in [2.24, 2.45) is 5.92 Å². The third kappa shape index (κ3) is 6.80. The highest BCUT2D eigenvalue weighted by Crippen LogP contribution is 2.32. The Balaban J connectivity index is 1.79. The average Bonchev–Trinajstić information content (AvgIpc) is 3.01. The van der Waals surface area contributed by atoms with Gasteiger partial charge in [-0.1, -0.05) is 56.0 Å². The predicted octanol–water partition coefficient (Wildman–Crippen LogP) is 4.02. The number of amides is 4. The van der Waals surface area contributed by atoms with E-state index in [2.05, 4.69) is 17.2 Å². The molecule has 0 bridgehead atoms. The predicted molar refractivity (Wildman–Crippen MR) is 144 cm³/mol. The molecule has 8 heteroatoms. The lowest BCUT2D eigenvalue weighted by atomic mass is 9.99. The number of hydrogen-bond acceptors (Lipinski definition) is 4. The highest BCUT2D eigenvalue weighted by Gasteiger charge is 2.54. The second kappa shape index (κ2) is 12.0. The number of imide groups is 1. The molecule has 8 nitrogen and oxygen atoms in total. The molecule has 4 amide bonds. The van der Waals surface area contributed by atoms with Crippen LogP contribution in [-0.2, 0) is 20.9 Å². The van der Waals surface area contributed by atoms with Crippen LogP contribution in [0.1, 0.15) is 64.2 Å². The molecule has 0 radical (unpaired) electrons. The van der Waals surface area contributed by atoms with Crippen LogP contribution in [0.2, 0.25) is 0 Å². The van der Waals surface area contributed by atoms with Crippen molar-refractivity contribution in [1.82, 2.24) is 15.1 Å². The molecular formula is C30H35N3O5. The molecule has 2 aromatic carbocycles. The molecular weight excluding hydrogens is 482 g/mol. The summed E-state index contributed by atoms with van der Waals surface area (Å²) in [6, 6.07) is 14.9. The molecule has 0 saturated carbocycles. The van der Waals surface area contributed by atoms with Gasteiger partial charge in [-0.2, -0.15) is 0 Å². The van der Waals surface area contributed by atoms with Gasteiger partial charge in [0.15, 0.2) is 0 Å². The van der Waals surface area contributed by atoms with Crippen LogP contribution in [-0.4, -0.2) is 56.3 Å². The Morgan fingerprint density at radius 1 is 0.947 bits per heavy atom. The van der Waals surface area contributed by atoms with Crippen LogP contribution in [0.25, 0.3) is 0 Å². The lowest BCUT2D eigenvalue weighted by Gasteiger charge is -2.28. The molecule has 2 N–H and O–H groups in total. The summed E-state index contributed by atoms with van der Waals surface area (Å²) in [7, 11) is 0. The van der Waals surface area contributed by atoms with Gasteiger partial charge < -0.3 is 15.3 Å². The first-order valence-corrected chi connectivity index (χ1v) is 12.7. The minimum atomic E-state index is -1.16. The van der Waals surface area contributed by atoms with Crippen LogP contribution in [0.15, 0.2) is 54.6 Å². The molecule has 1 aliphatic rings. The molecule has 2 atom stereocenters. The average molecular weight is 518 g/mol. The van der Waals surface area contributed by atoms with Crippen molar-refractivity contribution in [2.75, 3.05) is 0 Å². The molecule has 1 saturated heterocycles. The van der Waals surface area contributed by atoms with Crippen molar-refractivity contribution >= 4 is 23.8 Å². The lowest BCUT2D eigenvalue weighted by molar-refractivity contribution is -0.140. The molecule has 0 spiro atoms. The van der Waals surface area contributed by atoms with E-state index < -0.39 is 41.4 Å². The molecule has 200 valence electrons. The van der Waals surface area contributed by atoms with Crippen LogP contribution in [0, 0.1) is 17.8 Å². The van der Waals surface area contributed by atoms with E-state index in [1.165, 1.54) is 4.90 Å². The topological polar surface area (TPSA) is 107 Å². The van der Waals surface area contributed by atoms with E-state index in [1.54, 1.807) is 20.8 Å². The third-order valence-electron chi connectivity index (χ3n) is 6.45. The van der Waals surface area contributed by atoms with Crippen LogP contribution in [0.4, 0.5) is 4.79 Å². The number of hydrogen-bond donors (Lipinski definition) is 2. The number of nitrogens with zero attached hydrogens (tertiary/aromatic N) is 2. The number of benzene rings is 2. The standard InChI is InChI=1S/C30H35N3O5/c1-20(2)17-25(27(36)31-21(3)18-26(34)35)33-28(37)30(4,5)32(29(33)38)19-24-15-13-23(14-16-24)12-11-22-9-7-6-8-10-22/h6-10,13-16,20-21,25H,17-19H2,1-5H3,(H,31,36)(H,34,35). The van der Waals surface area contributed by atoms with Gasteiger partial charge >= 0.3 is 12.0 Å². The van der Waals surface area contributed by atoms with Crippen LogP contribution >= 0.6 is 0 Å². The first-order valence-electron chi connectivity index (χ1n) is 12.7. The first-order chi connectivity index (χ1) is 17.9. The van der Waals surface area contributed by atoms with Gasteiger partial charge in [-0.3, -0.25) is 14.4 Å². The van der Waals surface area contributed by atoms with E-state index in [1.807, 2.05) is 68.4 Å². The fourth-order valence-corrected chi connectivity index (χ4v) is 4.38. The maximum absolute atomic E-state index is 13.6. The zero-order valence-electron chi connectivity index (χ0n) is 22.5. The van der Waals surface area contributed by atoms with Crippen LogP contribution in [0.5, 0.6) is 0 Å². The van der Waals surface area contributed by atoms with Gasteiger partial charge in [0.1, 0.15) is 11.6 Å². The van der Waals surface area contributed by atoms with Crippen molar-refractivity contribution in [3.63, 3.8) is 0 Å². The molecule has 3 rings (SSSR count). The molecule has 2 aromatic rings. The number of rotatable bonds is 9. The van der Waals surface area contributed by atoms with E-state index >= 15 is 0 Å². The van der Waals surface area contributed by atoms with Gasteiger partial charge in [0.2, 0.25) is 5.91 Å². The van der Waals surface area contributed by atoms with Gasteiger partial charge in [-0.25, -0.2) is 9.69 Å². The first kappa shape index (κ1) is 28.5. The number of carbonyl (C=O) groups is 4. The van der Waals surface area contributed by atoms with E-state index in [0.29, 0.717) is 0 Å². The maximum atomic E-state index is 13.6. The summed E-state index contributed by atoms with van der Waals surface area (Å²) in [5, 5.41) is 11.7. The summed E-state index contributed by atoms with van der Waals surface area (Å²) in [4.78, 5) is 53.8. The fourth-order valence-electron chi connectivity index (χ4n) is 4.38. The van der Waals surface area contributed by atoms with Gasteiger partial charge in [0.25, 0.3) is 5.91 Å². The summed E-state index contributed by atoms with van der Waals surface area (Å²) in [5.74, 6) is 4.21. The number of carbonyl (C=O) groups excluding carboxylic acids is 3. The van der Waals surface area contributed by atoms with E-state index in [-0.39, 0.29) is 25.3 Å². The second-order valence-corrected chi connectivity index (χ2v) is 10.6. The Morgan fingerprint density at radius 3 is 2.08 bits per heavy atom. The van der Waals surface area contributed by atoms with Crippen LogP contribution < -0.4 is 5.32 Å². The molecule has 1 aliphatic heterocycles. The highest BCUT2D eigenvalue weighted by molar-refractivity contribution is 6.09. The second-order valence-electron chi connectivity index (χ2n) is 10.6. The quantitative estimate of drug-likeness (QED) is 0.386. The Morgan fingerprint density at radius 2 is 1.53 bits per heavy atom. The van der Waals surface area contributed by atoms with Crippen molar-refractivity contribution in [2.45, 2.75) is 71.6 Å². The molecule has 0 aliphatic carbocycles. The zero-order valence-corrected chi connectivity index (χ0v) is 22.5. The van der Waals surface area contributed by atoms with E-state index in [4.69, 9.17) is 5.11 Å². The summed E-state index contributed by atoms with van der Waals surface area (Å²) >= 11 is 0. The molecule has 1 fully saturated rings. The lowest BCUT2D eigenvalue weighted by Crippen LogP contribution is -2.53. The normalized spacial score (nSPS) is 16.2. The van der Waals surface area contributed by atoms with Crippen molar-refractivity contribution in [1.29, 1.82) is 0 Å². The summed E-state index contributed by atoms with van der Waals surface area (Å²) in [6.45, 7) is 8.91. The largest absolute Gasteiger partial charge is 0.481 e. The molecule has 1 heterocycles. The van der Waals surface area contributed by atoms with Gasteiger partial charge in [-0.15, -0.1) is 0 Å². The Labute approximate surface area is 224 Å². The number of urea groups is 1. The molecule has 2 unspecified atom stereocenters. The third-order valence-corrected chi connectivity index (χ3v) is 6.45. The van der Waals surface area contributed by atoms with Gasteiger partial charge in [0.05, 0.1) is 6.42 Å². The monoisotopic (exact) mass is 517 g/mol. The highest BCUT2D eigenvalue weighted by atomic mass is 16.4. The summed E-state index contributed by atoms with van der Waals surface area (Å²) in [5.41, 5.74) is 1.40. The maximum Gasteiger partial charge on any atom is 0.328 e. The number of carboxylic acid groups (broad SMARTS) is 1. The van der Waals surface area contributed by atoms with Gasteiger partial charge in [-0.05, 0) is 62.9 Å². The van der Waals surface area contributed by atoms with Crippen molar-refractivity contribution < 1.29 is 24.3 Å². The molecule has 0 aromatic heterocycles. The fraction of sp³-hybridized carbons (Fsp3) is 0.400. The SMILES string of the molecule is CC(C)CC(C(=O)NC(C)CC(=O)O)N1C(=O)N(Cc2ccc(C#Cc3ccccc3)cc2)C(C)(C)C1=O. The Hall–Kier alpha value is -4.12. The number of carboxylic acids is 1. The smallest absolute Gasteiger partial charge is 0.328 e. The minimum absolute atomic E-state index is 0.0165. The summed E-state index contributed by atoms with van der Waals surface area (Å²) in [6.07, 6.45) is 0.00712. The molecule has 38 heavy (non-hydrogen) atoms. The Kier molecular flexibility index (Phi) is 8.95. The van der Waals surface area contributed by atoms with Crippen molar-refractivity contribution in [3.05, 3.63) is 71.3 Å². The minimum Gasteiger partial charge on any atom is -0.481 e. The van der Waals surface area contributed by atoms with Crippen LogP contribution in [0.3, 0.4) is 0 Å². The van der Waals surface area contributed by atoms with E-state index in [0.717, 1.165) is 21.6 Å². The van der Waals surface area contributed by atoms with E-state index in [9.17, 15) is 19.2 Å².